The Kier molecular flexibility index (Phi) is 4.83. The second kappa shape index (κ2) is 7.22. The van der Waals surface area contributed by atoms with Crippen LogP contribution in [0.1, 0.15) is 16.1 Å². The standard InChI is InChI=1S/C18H14F2N4O2/c19-11-5-10(6-12(20)7-11)18(26)24-16(17(21)25)8-13-9-22-14-3-1-2-4-15(14)23-13/h1-7,9,16H,8H2,(H2,21,25)(H,24,26)/t16-/m1/s1. The highest BCUT2D eigenvalue weighted by Crippen LogP contribution is 2.11. The Labute approximate surface area is 147 Å². The maximum Gasteiger partial charge on any atom is 0.252 e. The van der Waals surface area contributed by atoms with Gasteiger partial charge >= 0.3 is 0 Å². The van der Waals surface area contributed by atoms with Crippen molar-refractivity contribution in [1.82, 2.24) is 15.3 Å². The van der Waals surface area contributed by atoms with Crippen molar-refractivity contribution < 1.29 is 18.4 Å². The first kappa shape index (κ1) is 17.4. The third kappa shape index (κ3) is 3.97. The molecular formula is C18H14F2N4O2. The molecule has 0 unspecified atom stereocenters. The summed E-state index contributed by atoms with van der Waals surface area (Å²) in [5, 5.41) is 2.37. The smallest absolute Gasteiger partial charge is 0.252 e. The number of nitrogens with one attached hydrogen (secondary N) is 1. The number of halogens is 2. The molecule has 0 spiro atoms. The van der Waals surface area contributed by atoms with Crippen LogP contribution in [0, 0.1) is 11.6 Å². The van der Waals surface area contributed by atoms with Gasteiger partial charge in [0.1, 0.15) is 17.7 Å². The average Bonchev–Trinajstić information content (AvgIpc) is 2.60. The maximum atomic E-state index is 13.2. The van der Waals surface area contributed by atoms with E-state index in [1.807, 2.05) is 6.07 Å². The van der Waals surface area contributed by atoms with Crippen LogP contribution >= 0.6 is 0 Å². The molecule has 8 heteroatoms. The molecule has 0 saturated carbocycles. The average molecular weight is 356 g/mol. The summed E-state index contributed by atoms with van der Waals surface area (Å²) in [6, 6.07) is 8.45. The summed E-state index contributed by atoms with van der Waals surface area (Å²) in [4.78, 5) is 32.4. The number of para-hydroxylation sites is 2. The van der Waals surface area contributed by atoms with E-state index >= 15 is 0 Å². The summed E-state index contributed by atoms with van der Waals surface area (Å²) in [6.45, 7) is 0. The Balaban J connectivity index is 1.80. The topological polar surface area (TPSA) is 98.0 Å². The van der Waals surface area contributed by atoms with Crippen molar-refractivity contribution in [1.29, 1.82) is 0 Å². The van der Waals surface area contributed by atoms with Gasteiger partial charge in [0.25, 0.3) is 5.91 Å². The molecule has 1 heterocycles. The van der Waals surface area contributed by atoms with Crippen molar-refractivity contribution in [2.24, 2.45) is 5.73 Å². The molecule has 2 amide bonds. The van der Waals surface area contributed by atoms with Gasteiger partial charge in [-0.3, -0.25) is 14.6 Å². The second-order valence-electron chi connectivity index (χ2n) is 5.64. The van der Waals surface area contributed by atoms with Gasteiger partial charge in [-0.2, -0.15) is 0 Å². The molecular weight excluding hydrogens is 342 g/mol. The quantitative estimate of drug-likeness (QED) is 0.727. The molecule has 0 bridgehead atoms. The van der Waals surface area contributed by atoms with Crippen LogP contribution < -0.4 is 11.1 Å². The Hall–Kier alpha value is -3.42. The lowest BCUT2D eigenvalue weighted by atomic mass is 10.1. The van der Waals surface area contributed by atoms with Crippen LogP contribution in [0.3, 0.4) is 0 Å². The van der Waals surface area contributed by atoms with Crippen LogP contribution in [0.5, 0.6) is 0 Å². The molecule has 3 aromatic rings. The number of hydrogen-bond donors (Lipinski definition) is 2. The molecule has 1 atom stereocenters. The predicted octanol–water partition coefficient (Wildman–Crippen LogP) is 1.73. The molecule has 1 aromatic heterocycles. The van der Waals surface area contributed by atoms with Crippen molar-refractivity contribution in [3.05, 3.63) is 71.6 Å². The highest BCUT2D eigenvalue weighted by atomic mass is 19.1. The van der Waals surface area contributed by atoms with Gasteiger partial charge in [-0.05, 0) is 24.3 Å². The van der Waals surface area contributed by atoms with E-state index in [0.29, 0.717) is 22.8 Å². The van der Waals surface area contributed by atoms with Crippen LogP contribution in [-0.2, 0) is 11.2 Å². The zero-order chi connectivity index (χ0) is 18.7. The fourth-order valence-electron chi connectivity index (χ4n) is 2.45. The van der Waals surface area contributed by atoms with Crippen molar-refractivity contribution in [3.63, 3.8) is 0 Å². The minimum Gasteiger partial charge on any atom is -0.368 e. The zero-order valence-corrected chi connectivity index (χ0v) is 13.4. The van der Waals surface area contributed by atoms with E-state index in [0.717, 1.165) is 12.1 Å². The molecule has 2 aromatic carbocycles. The summed E-state index contributed by atoms with van der Waals surface area (Å²) in [5.74, 6) is -3.41. The third-order valence-electron chi connectivity index (χ3n) is 3.69. The fraction of sp³-hybridized carbons (Fsp3) is 0.111. The first-order valence-electron chi connectivity index (χ1n) is 7.69. The lowest BCUT2D eigenvalue weighted by molar-refractivity contribution is -0.119. The van der Waals surface area contributed by atoms with Gasteiger partial charge in [-0.25, -0.2) is 13.8 Å². The number of amides is 2. The summed E-state index contributed by atoms with van der Waals surface area (Å²) in [6.07, 6.45) is 1.48. The Morgan fingerprint density at radius 2 is 1.73 bits per heavy atom. The van der Waals surface area contributed by atoms with E-state index in [4.69, 9.17) is 5.73 Å². The van der Waals surface area contributed by atoms with Gasteiger partial charge in [-0.15, -0.1) is 0 Å². The van der Waals surface area contributed by atoms with E-state index < -0.39 is 29.5 Å². The van der Waals surface area contributed by atoms with Crippen molar-refractivity contribution in [2.45, 2.75) is 12.5 Å². The van der Waals surface area contributed by atoms with Gasteiger partial charge in [0.2, 0.25) is 5.91 Å². The number of rotatable bonds is 5. The van der Waals surface area contributed by atoms with Gasteiger partial charge in [0.15, 0.2) is 0 Å². The largest absolute Gasteiger partial charge is 0.368 e. The van der Waals surface area contributed by atoms with Crippen LogP contribution in [0.2, 0.25) is 0 Å². The summed E-state index contributed by atoms with van der Waals surface area (Å²) in [7, 11) is 0. The second-order valence-corrected chi connectivity index (χ2v) is 5.64. The highest BCUT2D eigenvalue weighted by molar-refractivity contribution is 5.97. The van der Waals surface area contributed by atoms with E-state index in [2.05, 4.69) is 15.3 Å². The molecule has 0 aliphatic carbocycles. The zero-order valence-electron chi connectivity index (χ0n) is 13.4. The molecule has 26 heavy (non-hydrogen) atoms. The normalized spacial score (nSPS) is 11.9. The van der Waals surface area contributed by atoms with Gasteiger partial charge < -0.3 is 11.1 Å². The van der Waals surface area contributed by atoms with Crippen LogP contribution in [0.25, 0.3) is 11.0 Å². The molecule has 0 aliphatic heterocycles. The van der Waals surface area contributed by atoms with Gasteiger partial charge in [-0.1, -0.05) is 12.1 Å². The Morgan fingerprint density at radius 3 is 2.38 bits per heavy atom. The van der Waals surface area contributed by atoms with E-state index in [-0.39, 0.29) is 12.0 Å². The third-order valence-corrected chi connectivity index (χ3v) is 3.69. The van der Waals surface area contributed by atoms with Crippen molar-refractivity contribution in [2.75, 3.05) is 0 Å². The molecule has 0 fully saturated rings. The molecule has 3 N–H and O–H groups in total. The van der Waals surface area contributed by atoms with Gasteiger partial charge in [0.05, 0.1) is 16.7 Å². The van der Waals surface area contributed by atoms with E-state index in [9.17, 15) is 18.4 Å². The SMILES string of the molecule is NC(=O)[C@@H](Cc1cnc2ccccc2n1)NC(=O)c1cc(F)cc(F)c1. The summed E-state index contributed by atoms with van der Waals surface area (Å²) < 4.78 is 26.5. The van der Waals surface area contributed by atoms with E-state index in [1.165, 1.54) is 6.20 Å². The van der Waals surface area contributed by atoms with Gasteiger partial charge in [0, 0.05) is 24.2 Å². The molecule has 6 nitrogen and oxygen atoms in total. The number of fused-ring (bicyclic) bond motifs is 1. The highest BCUT2D eigenvalue weighted by Gasteiger charge is 2.21. The Bertz CT molecular complexity index is 974. The van der Waals surface area contributed by atoms with E-state index in [1.54, 1.807) is 18.2 Å². The molecule has 0 radical (unpaired) electrons. The summed E-state index contributed by atoms with van der Waals surface area (Å²) in [5.41, 5.74) is 6.84. The number of nitrogens with two attached hydrogens (primary N) is 1. The number of benzene rings is 2. The fourth-order valence-corrected chi connectivity index (χ4v) is 2.45. The first-order chi connectivity index (χ1) is 12.4. The molecule has 0 saturated heterocycles. The predicted molar refractivity (Wildman–Crippen MR) is 90.0 cm³/mol. The maximum absolute atomic E-state index is 13.2. The number of aromatic nitrogens is 2. The molecule has 3 rings (SSSR count). The number of carbonyl (C=O) groups is 2. The number of primary amides is 1. The number of hydrogen-bond acceptors (Lipinski definition) is 4. The molecule has 132 valence electrons. The van der Waals surface area contributed by atoms with Crippen LogP contribution in [-0.4, -0.2) is 27.8 Å². The molecule has 0 aliphatic rings. The monoisotopic (exact) mass is 356 g/mol. The van der Waals surface area contributed by atoms with Crippen LogP contribution in [0.15, 0.2) is 48.7 Å². The number of nitrogens with zero attached hydrogens (tertiary/aromatic N) is 2. The Morgan fingerprint density at radius 1 is 1.08 bits per heavy atom. The minimum atomic E-state index is -1.11. The number of carbonyl (C=O) groups excluding carboxylic acids is 2. The lowest BCUT2D eigenvalue weighted by Gasteiger charge is -2.15. The lowest BCUT2D eigenvalue weighted by Crippen LogP contribution is -2.46. The van der Waals surface area contributed by atoms with Crippen molar-refractivity contribution in [3.8, 4) is 0 Å². The minimum absolute atomic E-state index is 0.00327. The van der Waals surface area contributed by atoms with Crippen molar-refractivity contribution >= 4 is 22.8 Å². The summed E-state index contributed by atoms with van der Waals surface area (Å²) >= 11 is 0. The first-order valence-corrected chi connectivity index (χ1v) is 7.69. The van der Waals surface area contributed by atoms with Crippen LogP contribution in [0.4, 0.5) is 8.78 Å².